The number of methoxy groups -OCH3 is 1. The number of rotatable bonds is 7. The molecule has 2 atom stereocenters. The Bertz CT molecular complexity index is 1470. The van der Waals surface area contributed by atoms with Crippen LogP contribution in [0.3, 0.4) is 0 Å². The van der Waals surface area contributed by atoms with Crippen molar-refractivity contribution < 1.29 is 49.8 Å². The van der Waals surface area contributed by atoms with Gasteiger partial charge in [-0.1, -0.05) is 0 Å². The van der Waals surface area contributed by atoms with E-state index >= 15 is 8.78 Å². The van der Waals surface area contributed by atoms with Gasteiger partial charge in [-0.25, -0.2) is 8.78 Å². The lowest BCUT2D eigenvalue weighted by Gasteiger charge is -2.20. The summed E-state index contributed by atoms with van der Waals surface area (Å²) in [5.74, 6) is -6.65. The lowest BCUT2D eigenvalue weighted by molar-refractivity contribution is -0.274. The minimum Gasteiger partial charge on any atom is -0.497 e. The first-order valence-corrected chi connectivity index (χ1v) is 11.3. The zero-order valence-electron chi connectivity index (χ0n) is 20.2. The highest BCUT2D eigenvalue weighted by Crippen LogP contribution is 2.36. The van der Waals surface area contributed by atoms with Crippen LogP contribution in [0.25, 0.3) is 0 Å². The maximum atomic E-state index is 15.0. The largest absolute Gasteiger partial charge is 0.573 e. The fourth-order valence-corrected chi connectivity index (χ4v) is 4.29. The summed E-state index contributed by atoms with van der Waals surface area (Å²) in [7, 11) is 1.16. The molecule has 1 aliphatic rings. The van der Waals surface area contributed by atoms with Crippen LogP contribution in [0.1, 0.15) is 28.4 Å². The average molecular weight is 573 g/mol. The van der Waals surface area contributed by atoms with Crippen LogP contribution in [-0.4, -0.2) is 42.4 Å². The van der Waals surface area contributed by atoms with E-state index in [0.717, 1.165) is 66.7 Å². The van der Waals surface area contributed by atoms with E-state index in [1.54, 1.807) is 0 Å². The van der Waals surface area contributed by atoms with Gasteiger partial charge < -0.3 is 19.7 Å². The first-order valence-electron chi connectivity index (χ1n) is 11.3. The van der Waals surface area contributed by atoms with Crippen LogP contribution in [-0.2, 0) is 4.79 Å². The molecule has 212 valence electrons. The molecule has 8 nitrogen and oxygen atoms in total. The number of halogens is 7. The molecule has 1 aromatic heterocycles. The SMILES string of the molecule is COc1cc(F)c([C@@H]2CN(c3cccn(C(F)F)c3=O)C(=O)[C@H]2NC(=O)c2ccc(OC(F)(F)F)cc2)c(F)c1. The molecule has 0 saturated carbocycles. The second kappa shape index (κ2) is 10.9. The van der Waals surface area contributed by atoms with Crippen molar-refractivity contribution in [2.75, 3.05) is 18.6 Å². The van der Waals surface area contributed by atoms with Crippen LogP contribution in [0.5, 0.6) is 11.5 Å². The first kappa shape index (κ1) is 28.4. The summed E-state index contributed by atoms with van der Waals surface area (Å²) in [5.41, 5.74) is -2.69. The maximum Gasteiger partial charge on any atom is 0.573 e. The predicted octanol–water partition coefficient (Wildman–Crippen LogP) is 4.36. The number of hydrogen-bond acceptors (Lipinski definition) is 5. The standard InChI is InChI=1S/C25H18F7N3O5/c1-39-14-9-16(26)19(17(27)10-14)15-11-35(18-3-2-8-34(22(18)37)24(28)29)23(38)20(15)33-21(36)12-4-6-13(7-5-12)40-25(30,31)32/h2-10,15,20,24H,11H2,1H3,(H,33,36)/t15-,20-/m0/s1. The molecule has 2 amide bonds. The van der Waals surface area contributed by atoms with Gasteiger partial charge >= 0.3 is 12.9 Å². The van der Waals surface area contributed by atoms with Gasteiger partial charge in [-0.05, 0) is 36.4 Å². The van der Waals surface area contributed by atoms with Crippen LogP contribution in [0.15, 0.2) is 59.5 Å². The van der Waals surface area contributed by atoms with E-state index in [1.165, 1.54) is 0 Å². The Morgan fingerprint density at radius 3 is 2.20 bits per heavy atom. The van der Waals surface area contributed by atoms with Crippen molar-refractivity contribution in [3.63, 3.8) is 0 Å². The number of amides is 2. The Kier molecular flexibility index (Phi) is 7.75. The minimum absolute atomic E-state index is 0.0443. The van der Waals surface area contributed by atoms with E-state index in [1.807, 2.05) is 0 Å². The predicted molar refractivity (Wildman–Crippen MR) is 124 cm³/mol. The Balaban J connectivity index is 1.72. The molecule has 2 aromatic carbocycles. The van der Waals surface area contributed by atoms with Crippen molar-refractivity contribution >= 4 is 17.5 Å². The zero-order chi connectivity index (χ0) is 29.4. The number of pyridine rings is 1. The zero-order valence-corrected chi connectivity index (χ0v) is 20.2. The quantitative estimate of drug-likeness (QED) is 0.425. The number of benzene rings is 2. The molecule has 0 bridgehead atoms. The van der Waals surface area contributed by atoms with Crippen molar-refractivity contribution in [1.82, 2.24) is 9.88 Å². The Morgan fingerprint density at radius 1 is 1.02 bits per heavy atom. The molecule has 1 saturated heterocycles. The number of carbonyl (C=O) groups is 2. The van der Waals surface area contributed by atoms with Crippen molar-refractivity contribution in [2.24, 2.45) is 0 Å². The topological polar surface area (TPSA) is 89.9 Å². The second-order valence-electron chi connectivity index (χ2n) is 8.47. The monoisotopic (exact) mass is 573 g/mol. The summed E-state index contributed by atoms with van der Waals surface area (Å²) >= 11 is 0. The normalized spacial score (nSPS) is 17.3. The average Bonchev–Trinajstić information content (AvgIpc) is 3.18. The van der Waals surface area contributed by atoms with Gasteiger partial charge in [-0.15, -0.1) is 13.2 Å². The smallest absolute Gasteiger partial charge is 0.497 e. The molecular formula is C25H18F7N3O5. The number of alkyl halides is 5. The Labute approximate surface area is 220 Å². The van der Waals surface area contributed by atoms with Crippen molar-refractivity contribution in [3.8, 4) is 11.5 Å². The summed E-state index contributed by atoms with van der Waals surface area (Å²) in [6.45, 7) is -3.85. The molecule has 0 aliphatic carbocycles. The molecule has 15 heteroatoms. The number of carbonyl (C=O) groups excluding carboxylic acids is 2. The lowest BCUT2D eigenvalue weighted by atomic mass is 9.92. The third-order valence-electron chi connectivity index (χ3n) is 6.06. The number of aromatic nitrogens is 1. The van der Waals surface area contributed by atoms with E-state index in [9.17, 15) is 36.3 Å². The van der Waals surface area contributed by atoms with Gasteiger partial charge in [-0.3, -0.25) is 19.0 Å². The third-order valence-corrected chi connectivity index (χ3v) is 6.06. The van der Waals surface area contributed by atoms with Crippen LogP contribution in [0.2, 0.25) is 0 Å². The number of anilines is 1. The molecule has 4 rings (SSSR count). The minimum atomic E-state index is -4.98. The summed E-state index contributed by atoms with van der Waals surface area (Å²) in [6.07, 6.45) is -4.20. The highest BCUT2D eigenvalue weighted by Gasteiger charge is 2.46. The van der Waals surface area contributed by atoms with Gasteiger partial charge in [0.2, 0.25) is 5.91 Å². The van der Waals surface area contributed by atoms with Crippen LogP contribution >= 0.6 is 0 Å². The summed E-state index contributed by atoms with van der Waals surface area (Å²) in [4.78, 5) is 39.7. The van der Waals surface area contributed by atoms with E-state index in [-0.39, 0.29) is 15.9 Å². The van der Waals surface area contributed by atoms with Crippen molar-refractivity contribution in [1.29, 1.82) is 0 Å². The highest BCUT2D eigenvalue weighted by molar-refractivity contribution is 6.05. The van der Waals surface area contributed by atoms with E-state index < -0.39 is 77.4 Å². The number of nitrogens with one attached hydrogen (secondary N) is 1. The molecule has 0 spiro atoms. The lowest BCUT2D eigenvalue weighted by Crippen LogP contribution is -2.44. The first-order chi connectivity index (χ1) is 18.8. The van der Waals surface area contributed by atoms with Crippen molar-refractivity contribution in [2.45, 2.75) is 24.9 Å². The van der Waals surface area contributed by atoms with Crippen molar-refractivity contribution in [3.05, 3.63) is 87.8 Å². The third kappa shape index (κ3) is 5.72. The Morgan fingerprint density at radius 2 is 1.65 bits per heavy atom. The van der Waals surface area contributed by atoms with Gasteiger partial charge in [0.05, 0.1) is 7.11 Å². The van der Waals surface area contributed by atoms with Crippen LogP contribution in [0.4, 0.5) is 36.4 Å². The summed E-state index contributed by atoms with van der Waals surface area (Å²) < 4.78 is 103. The van der Waals surface area contributed by atoms with Gasteiger partial charge in [0, 0.05) is 41.9 Å². The molecule has 40 heavy (non-hydrogen) atoms. The summed E-state index contributed by atoms with van der Waals surface area (Å²) in [6, 6.07) is 5.65. The molecule has 0 unspecified atom stereocenters. The molecule has 1 aliphatic heterocycles. The van der Waals surface area contributed by atoms with Crippen LogP contribution in [0, 0.1) is 11.6 Å². The van der Waals surface area contributed by atoms with Gasteiger partial charge in [-0.2, -0.15) is 8.78 Å². The van der Waals surface area contributed by atoms with E-state index in [2.05, 4.69) is 10.1 Å². The van der Waals surface area contributed by atoms with Gasteiger partial charge in [0.1, 0.15) is 34.9 Å². The number of hydrogen-bond donors (Lipinski definition) is 1. The van der Waals surface area contributed by atoms with Gasteiger partial charge in [0.15, 0.2) is 0 Å². The van der Waals surface area contributed by atoms with Gasteiger partial charge in [0.25, 0.3) is 11.5 Å². The highest BCUT2D eigenvalue weighted by atomic mass is 19.4. The molecule has 3 aromatic rings. The second-order valence-corrected chi connectivity index (χ2v) is 8.47. The molecule has 1 fully saturated rings. The number of ether oxygens (including phenoxy) is 2. The Hall–Kier alpha value is -4.56. The summed E-state index contributed by atoms with van der Waals surface area (Å²) in [5, 5.41) is 2.29. The molecule has 2 heterocycles. The number of nitrogens with zero attached hydrogens (tertiary/aromatic N) is 2. The van der Waals surface area contributed by atoms with E-state index in [0.29, 0.717) is 0 Å². The van der Waals surface area contributed by atoms with E-state index in [4.69, 9.17) is 4.74 Å². The van der Waals surface area contributed by atoms with Crippen LogP contribution < -0.4 is 25.2 Å². The maximum absolute atomic E-state index is 15.0. The fourth-order valence-electron chi connectivity index (χ4n) is 4.29. The molecule has 0 radical (unpaired) electrons. The molecule has 1 N–H and O–H groups in total. The molecular weight excluding hydrogens is 555 g/mol. The fraction of sp³-hybridized carbons (Fsp3) is 0.240.